The zero-order chi connectivity index (χ0) is 20.4. The Balaban J connectivity index is 1.94. The molecule has 3 rings (SSSR count). The number of rotatable bonds is 5. The smallest absolute Gasteiger partial charge is 0.322 e. The maximum atomic E-state index is 13.4. The summed E-state index contributed by atoms with van der Waals surface area (Å²) in [7, 11) is 0. The van der Waals surface area contributed by atoms with Crippen LogP contribution in [-0.4, -0.2) is 38.6 Å². The van der Waals surface area contributed by atoms with Gasteiger partial charge >= 0.3 is 5.97 Å². The number of aryl methyl sites for hydroxylation is 1. The van der Waals surface area contributed by atoms with Gasteiger partial charge in [-0.3, -0.25) is 9.59 Å². The van der Waals surface area contributed by atoms with E-state index < -0.39 is 24.2 Å². The number of aromatic hydroxyl groups is 1. The summed E-state index contributed by atoms with van der Waals surface area (Å²) in [6, 6.07) is 3.94. The molecule has 2 heterocycles. The Morgan fingerprint density at radius 2 is 2.11 bits per heavy atom. The molecule has 0 spiro atoms. The first-order valence-electron chi connectivity index (χ1n) is 8.06. The minimum atomic E-state index is -1.16. The van der Waals surface area contributed by atoms with Gasteiger partial charge in [0, 0.05) is 16.3 Å². The van der Waals surface area contributed by atoms with Crippen LogP contribution in [0.25, 0.3) is 23.7 Å². The van der Waals surface area contributed by atoms with Gasteiger partial charge in [0.2, 0.25) is 5.88 Å². The van der Waals surface area contributed by atoms with Crippen molar-refractivity contribution in [3.63, 3.8) is 0 Å². The van der Waals surface area contributed by atoms with Crippen molar-refractivity contribution >= 4 is 41.2 Å². The third kappa shape index (κ3) is 3.61. The molecule has 0 saturated carbocycles. The van der Waals surface area contributed by atoms with Gasteiger partial charge in [0.1, 0.15) is 12.4 Å². The van der Waals surface area contributed by atoms with Crippen LogP contribution in [0, 0.1) is 12.7 Å². The zero-order valence-corrected chi connectivity index (χ0v) is 14.7. The summed E-state index contributed by atoms with van der Waals surface area (Å²) in [5.74, 6) is -2.49. The molecular formula is C18H16FN5O4. The average molecular weight is 385 g/mol. The monoisotopic (exact) mass is 385 g/mol. The van der Waals surface area contributed by atoms with Gasteiger partial charge in [-0.2, -0.15) is 5.11 Å². The Kier molecular flexibility index (Phi) is 4.94. The molecule has 0 aliphatic carbocycles. The van der Waals surface area contributed by atoms with Crippen LogP contribution < -0.4 is 15.9 Å². The fourth-order valence-electron chi connectivity index (χ4n) is 2.74. The Bertz CT molecular complexity index is 1230. The molecular weight excluding hydrogens is 369 g/mol. The number of carboxylic acid groups (broad SMARTS) is 1. The van der Waals surface area contributed by atoms with Gasteiger partial charge in [0.05, 0.1) is 22.6 Å². The number of carbonyl (C=O) groups is 2. The van der Waals surface area contributed by atoms with E-state index in [1.54, 1.807) is 6.92 Å². The van der Waals surface area contributed by atoms with Crippen LogP contribution in [0.4, 0.5) is 10.1 Å². The van der Waals surface area contributed by atoms with Gasteiger partial charge in [0.25, 0.3) is 5.91 Å². The minimum Gasteiger partial charge on any atom is -0.493 e. The van der Waals surface area contributed by atoms with E-state index in [1.165, 1.54) is 24.4 Å². The molecule has 0 radical (unpaired) electrons. The Morgan fingerprint density at radius 1 is 1.36 bits per heavy atom. The first-order valence-corrected chi connectivity index (χ1v) is 8.06. The Morgan fingerprint density at radius 3 is 2.82 bits per heavy atom. The van der Waals surface area contributed by atoms with E-state index >= 15 is 0 Å². The first-order chi connectivity index (χ1) is 13.3. The van der Waals surface area contributed by atoms with E-state index in [4.69, 9.17) is 5.11 Å². The predicted octanol–water partition coefficient (Wildman–Crippen LogP) is 1.40. The number of H-pyrrole nitrogens is 2. The number of hydrogen-bond donors (Lipinski definition) is 5. The minimum absolute atomic E-state index is 0.0686. The van der Waals surface area contributed by atoms with Crippen molar-refractivity contribution in [2.45, 2.75) is 6.92 Å². The van der Waals surface area contributed by atoms with E-state index in [2.05, 4.69) is 32.1 Å². The molecule has 3 aromatic rings. The van der Waals surface area contributed by atoms with Gasteiger partial charge < -0.3 is 25.5 Å². The van der Waals surface area contributed by atoms with Gasteiger partial charge in [-0.05, 0) is 25.1 Å². The second-order valence-corrected chi connectivity index (χ2v) is 5.95. The van der Waals surface area contributed by atoms with E-state index in [1.807, 2.05) is 0 Å². The highest BCUT2D eigenvalue weighted by Gasteiger charge is 2.14. The second kappa shape index (κ2) is 7.35. The lowest BCUT2D eigenvalue weighted by Gasteiger charge is -2.00. The highest BCUT2D eigenvalue weighted by molar-refractivity contribution is 5.97. The van der Waals surface area contributed by atoms with Crippen molar-refractivity contribution < 1.29 is 24.2 Å². The number of carboxylic acids is 1. The number of nitrogens with one attached hydrogen (secondary N) is 3. The largest absolute Gasteiger partial charge is 0.493 e. The predicted molar refractivity (Wildman–Crippen MR) is 99.2 cm³/mol. The van der Waals surface area contributed by atoms with E-state index in [9.17, 15) is 19.1 Å². The molecule has 10 heteroatoms. The number of aromatic nitrogens is 2. The summed E-state index contributed by atoms with van der Waals surface area (Å²) >= 11 is 0. The Hall–Kier alpha value is -3.95. The van der Waals surface area contributed by atoms with Crippen LogP contribution in [0.15, 0.2) is 28.4 Å². The maximum Gasteiger partial charge on any atom is 0.322 e. The number of aromatic amines is 2. The first kappa shape index (κ1) is 18.8. The number of carbonyl (C=O) groups excluding carboxylic acids is 1. The number of halogens is 1. The van der Waals surface area contributed by atoms with Crippen LogP contribution in [0.1, 0.15) is 16.1 Å². The molecule has 5 N–H and O–H groups in total. The number of fused-ring (bicyclic) bond motifs is 1. The van der Waals surface area contributed by atoms with Crippen molar-refractivity contribution in [2.75, 3.05) is 6.54 Å². The fraction of sp³-hybridized carbons (Fsp3) is 0.111. The summed E-state index contributed by atoms with van der Waals surface area (Å²) in [4.78, 5) is 28.3. The number of azo groups is 1. The van der Waals surface area contributed by atoms with Crippen LogP contribution in [0.5, 0.6) is 5.88 Å². The SMILES string of the molecule is C=c1c(C(=O)NCC(=O)O)c(C)[nH]c1=CN=Nc1c(O)[nH]c2ccc(F)cc12. The van der Waals surface area contributed by atoms with Gasteiger partial charge in [-0.1, -0.05) is 6.58 Å². The normalized spacial score (nSPS) is 12.1. The zero-order valence-electron chi connectivity index (χ0n) is 14.7. The van der Waals surface area contributed by atoms with Crippen molar-refractivity contribution in [3.05, 3.63) is 45.8 Å². The topological polar surface area (TPSA) is 143 Å². The van der Waals surface area contributed by atoms with E-state index in [-0.39, 0.29) is 17.1 Å². The molecule has 0 bridgehead atoms. The molecule has 2 aromatic heterocycles. The van der Waals surface area contributed by atoms with Crippen LogP contribution >= 0.6 is 0 Å². The number of benzene rings is 1. The summed E-state index contributed by atoms with van der Waals surface area (Å²) in [6.07, 6.45) is 1.29. The highest BCUT2D eigenvalue weighted by atomic mass is 19.1. The number of nitrogens with zero attached hydrogens (tertiary/aromatic N) is 2. The third-order valence-electron chi connectivity index (χ3n) is 4.01. The lowest BCUT2D eigenvalue weighted by atomic mass is 10.2. The standard InChI is InChI=1S/C18H16FN5O4/c1-8-13(22-9(2)15(8)17(27)20-7-14(25)26)6-21-24-16-11-5-10(19)3-4-12(11)23-18(16)28/h3-6,22-23,28H,1,7H2,2H3,(H,20,27)(H,25,26). The van der Waals surface area contributed by atoms with E-state index in [0.717, 1.165) is 0 Å². The highest BCUT2D eigenvalue weighted by Crippen LogP contribution is 2.35. The summed E-state index contributed by atoms with van der Waals surface area (Å²) in [5, 5.41) is 29.7. The number of aliphatic carboxylic acids is 1. The van der Waals surface area contributed by atoms with Crippen molar-refractivity contribution in [3.8, 4) is 5.88 Å². The third-order valence-corrected chi connectivity index (χ3v) is 4.01. The molecule has 144 valence electrons. The lowest BCUT2D eigenvalue weighted by Crippen LogP contribution is -2.34. The number of amides is 1. The summed E-state index contributed by atoms with van der Waals surface area (Å²) < 4.78 is 13.4. The molecule has 0 aliphatic heterocycles. The molecule has 0 saturated heterocycles. The van der Waals surface area contributed by atoms with Gasteiger partial charge in [-0.15, -0.1) is 5.11 Å². The molecule has 0 fully saturated rings. The van der Waals surface area contributed by atoms with Crippen LogP contribution in [0.3, 0.4) is 0 Å². The van der Waals surface area contributed by atoms with Gasteiger partial charge in [0.15, 0.2) is 5.69 Å². The summed E-state index contributed by atoms with van der Waals surface area (Å²) in [6.45, 7) is 4.92. The molecule has 1 aromatic carbocycles. The molecule has 1 amide bonds. The van der Waals surface area contributed by atoms with Crippen molar-refractivity contribution in [1.82, 2.24) is 15.3 Å². The lowest BCUT2D eigenvalue weighted by molar-refractivity contribution is -0.135. The number of hydrogen-bond acceptors (Lipinski definition) is 5. The Labute approximate surface area is 156 Å². The van der Waals surface area contributed by atoms with Crippen molar-refractivity contribution in [2.24, 2.45) is 10.2 Å². The maximum absolute atomic E-state index is 13.4. The second-order valence-electron chi connectivity index (χ2n) is 5.95. The van der Waals surface area contributed by atoms with E-state index in [0.29, 0.717) is 27.2 Å². The average Bonchev–Trinajstić information content (AvgIpc) is 3.09. The molecule has 9 nitrogen and oxygen atoms in total. The van der Waals surface area contributed by atoms with Crippen LogP contribution in [-0.2, 0) is 4.79 Å². The summed E-state index contributed by atoms with van der Waals surface area (Å²) in [5.41, 5.74) is 1.25. The molecule has 0 unspecified atom stereocenters. The molecule has 28 heavy (non-hydrogen) atoms. The fourth-order valence-corrected chi connectivity index (χ4v) is 2.74. The van der Waals surface area contributed by atoms with Crippen LogP contribution in [0.2, 0.25) is 0 Å². The van der Waals surface area contributed by atoms with Crippen molar-refractivity contribution in [1.29, 1.82) is 0 Å². The van der Waals surface area contributed by atoms with Gasteiger partial charge in [-0.25, -0.2) is 4.39 Å². The molecule has 0 atom stereocenters. The quantitative estimate of drug-likeness (QED) is 0.423. The molecule has 0 aliphatic rings.